The van der Waals surface area contributed by atoms with Crippen LogP contribution in [0.3, 0.4) is 0 Å². The van der Waals surface area contributed by atoms with E-state index in [0.29, 0.717) is 34.8 Å². The van der Waals surface area contributed by atoms with Crippen LogP contribution in [0.2, 0.25) is 0 Å². The van der Waals surface area contributed by atoms with E-state index < -0.39 is 5.54 Å². The Bertz CT molecular complexity index is 440. The van der Waals surface area contributed by atoms with E-state index in [1.54, 1.807) is 0 Å². The van der Waals surface area contributed by atoms with E-state index >= 15 is 0 Å². The predicted molar refractivity (Wildman–Crippen MR) is 76.9 cm³/mol. The molecule has 18 heavy (non-hydrogen) atoms. The van der Waals surface area contributed by atoms with Crippen molar-refractivity contribution in [3.63, 3.8) is 0 Å². The minimum Gasteiger partial charge on any atom is -0.391 e. The number of nitrogens with zero attached hydrogens (tertiary/aromatic N) is 2. The molecular formula is C11H18N4OS2. The molecule has 1 aromatic rings. The molecule has 0 aliphatic carbocycles. The fourth-order valence-corrected chi connectivity index (χ4v) is 2.71. The van der Waals surface area contributed by atoms with Crippen molar-refractivity contribution in [3.8, 4) is 0 Å². The van der Waals surface area contributed by atoms with E-state index in [2.05, 4.69) is 14.9 Å². The number of hydrogen-bond acceptors (Lipinski definition) is 5. The Labute approximate surface area is 116 Å². The first-order valence-electron chi connectivity index (χ1n) is 5.94. The monoisotopic (exact) mass is 286 g/mol. The van der Waals surface area contributed by atoms with Gasteiger partial charge in [0.2, 0.25) is 0 Å². The maximum absolute atomic E-state index is 12.2. The van der Waals surface area contributed by atoms with Crippen molar-refractivity contribution >= 4 is 34.6 Å². The zero-order chi connectivity index (χ0) is 13.8. The second-order valence-corrected chi connectivity index (χ2v) is 5.20. The number of rotatable bonds is 6. The van der Waals surface area contributed by atoms with Crippen molar-refractivity contribution in [3.05, 3.63) is 10.6 Å². The second-order valence-electron chi connectivity index (χ2n) is 4.01. The van der Waals surface area contributed by atoms with Crippen LogP contribution in [0.15, 0.2) is 0 Å². The average molecular weight is 286 g/mol. The Morgan fingerprint density at radius 1 is 1.44 bits per heavy atom. The highest BCUT2D eigenvalue weighted by Crippen LogP contribution is 2.19. The molecule has 0 bridgehead atoms. The molecule has 100 valence electrons. The van der Waals surface area contributed by atoms with E-state index in [1.807, 2.05) is 20.8 Å². The van der Waals surface area contributed by atoms with Crippen LogP contribution in [0.1, 0.15) is 49.0 Å². The number of aromatic nitrogens is 2. The fourth-order valence-electron chi connectivity index (χ4n) is 1.72. The summed E-state index contributed by atoms with van der Waals surface area (Å²) in [5.41, 5.74) is 5.84. The number of amides is 1. The molecule has 0 aliphatic heterocycles. The van der Waals surface area contributed by atoms with Gasteiger partial charge in [0.15, 0.2) is 0 Å². The molecular weight excluding hydrogens is 268 g/mol. The minimum absolute atomic E-state index is 0.196. The highest BCUT2D eigenvalue weighted by molar-refractivity contribution is 7.80. The van der Waals surface area contributed by atoms with E-state index in [9.17, 15) is 4.79 Å². The van der Waals surface area contributed by atoms with Gasteiger partial charge in [-0.25, -0.2) is 0 Å². The van der Waals surface area contributed by atoms with Crippen LogP contribution >= 0.6 is 23.8 Å². The van der Waals surface area contributed by atoms with Gasteiger partial charge in [0.1, 0.15) is 4.88 Å². The van der Waals surface area contributed by atoms with Gasteiger partial charge >= 0.3 is 0 Å². The number of hydrogen-bond donors (Lipinski definition) is 2. The second kappa shape index (κ2) is 6.19. The number of carbonyl (C=O) groups excluding carboxylic acids is 1. The van der Waals surface area contributed by atoms with Crippen LogP contribution in [0.5, 0.6) is 0 Å². The molecule has 1 rings (SSSR count). The van der Waals surface area contributed by atoms with E-state index in [-0.39, 0.29) is 5.91 Å². The maximum atomic E-state index is 12.2. The third kappa shape index (κ3) is 2.84. The minimum atomic E-state index is -0.624. The van der Waals surface area contributed by atoms with Crippen LogP contribution in [0, 0.1) is 0 Å². The molecule has 0 atom stereocenters. The van der Waals surface area contributed by atoms with Gasteiger partial charge in [-0.15, -0.1) is 5.10 Å². The SMILES string of the molecule is CCc1nnsc1C(=O)NC(CC)(CC)C(N)=S. The van der Waals surface area contributed by atoms with Crippen molar-refractivity contribution in [2.45, 2.75) is 45.6 Å². The number of nitrogens with one attached hydrogen (secondary N) is 1. The zero-order valence-electron chi connectivity index (χ0n) is 10.8. The molecule has 0 unspecified atom stereocenters. The van der Waals surface area contributed by atoms with Crippen LogP contribution in [-0.4, -0.2) is 26.0 Å². The smallest absolute Gasteiger partial charge is 0.265 e. The summed E-state index contributed by atoms with van der Waals surface area (Å²) in [6, 6.07) is 0. The highest BCUT2D eigenvalue weighted by atomic mass is 32.1. The normalized spacial score (nSPS) is 11.3. The average Bonchev–Trinajstić information content (AvgIpc) is 2.83. The first-order valence-corrected chi connectivity index (χ1v) is 7.12. The van der Waals surface area contributed by atoms with Crippen molar-refractivity contribution < 1.29 is 4.79 Å². The molecule has 0 spiro atoms. The Morgan fingerprint density at radius 3 is 2.50 bits per heavy atom. The van der Waals surface area contributed by atoms with Gasteiger partial charge in [0, 0.05) is 0 Å². The molecule has 1 heterocycles. The number of nitrogens with two attached hydrogens (primary N) is 1. The molecule has 0 saturated carbocycles. The Kier molecular flexibility index (Phi) is 5.15. The summed E-state index contributed by atoms with van der Waals surface area (Å²) in [7, 11) is 0. The Balaban J connectivity index is 2.95. The summed E-state index contributed by atoms with van der Waals surface area (Å²) in [6.07, 6.45) is 2.01. The summed E-state index contributed by atoms with van der Waals surface area (Å²) in [5.74, 6) is -0.196. The van der Waals surface area contributed by atoms with Crippen molar-refractivity contribution in [2.75, 3.05) is 0 Å². The van der Waals surface area contributed by atoms with Gasteiger partial charge in [0.05, 0.1) is 16.2 Å². The van der Waals surface area contributed by atoms with E-state index in [1.165, 1.54) is 0 Å². The summed E-state index contributed by atoms with van der Waals surface area (Å²) in [6.45, 7) is 5.84. The molecule has 0 aliphatic rings. The highest BCUT2D eigenvalue weighted by Gasteiger charge is 2.32. The largest absolute Gasteiger partial charge is 0.391 e. The van der Waals surface area contributed by atoms with Gasteiger partial charge in [0.25, 0.3) is 5.91 Å². The first-order chi connectivity index (χ1) is 8.50. The van der Waals surface area contributed by atoms with Crippen molar-refractivity contribution in [1.29, 1.82) is 0 Å². The summed E-state index contributed by atoms with van der Waals surface area (Å²) >= 11 is 6.17. The molecule has 1 aromatic heterocycles. The standard InChI is InChI=1S/C11H18N4OS2/c1-4-7-8(18-15-14-7)9(16)13-11(5-2,6-3)10(12)17/h4-6H2,1-3H3,(H2,12,17)(H,13,16). The number of thiocarbonyl (C=S) groups is 1. The van der Waals surface area contributed by atoms with Crippen molar-refractivity contribution in [1.82, 2.24) is 14.9 Å². The van der Waals surface area contributed by atoms with Crippen LogP contribution < -0.4 is 11.1 Å². The van der Waals surface area contributed by atoms with E-state index in [4.69, 9.17) is 18.0 Å². The lowest BCUT2D eigenvalue weighted by Crippen LogP contribution is -2.55. The molecule has 0 radical (unpaired) electrons. The van der Waals surface area contributed by atoms with Crippen LogP contribution in [0.4, 0.5) is 0 Å². The summed E-state index contributed by atoms with van der Waals surface area (Å²) in [4.78, 5) is 13.1. The first kappa shape index (κ1) is 15.0. The lowest BCUT2D eigenvalue weighted by Gasteiger charge is -2.31. The van der Waals surface area contributed by atoms with Gasteiger partial charge in [-0.1, -0.05) is 37.5 Å². The fraction of sp³-hybridized carbons (Fsp3) is 0.636. The molecule has 5 nitrogen and oxygen atoms in total. The summed E-state index contributed by atoms with van der Waals surface area (Å²) < 4.78 is 3.81. The van der Waals surface area contributed by atoms with Crippen LogP contribution in [-0.2, 0) is 6.42 Å². The Morgan fingerprint density at radius 2 is 2.06 bits per heavy atom. The third-order valence-corrected chi connectivity index (χ3v) is 4.29. The topological polar surface area (TPSA) is 80.9 Å². The summed E-state index contributed by atoms with van der Waals surface area (Å²) in [5, 5.41) is 6.86. The predicted octanol–water partition coefficient (Wildman–Crippen LogP) is 1.68. The lowest BCUT2D eigenvalue weighted by molar-refractivity contribution is 0.0923. The maximum Gasteiger partial charge on any atom is 0.265 e. The molecule has 7 heteroatoms. The number of carbonyl (C=O) groups is 1. The van der Waals surface area contributed by atoms with Gasteiger partial charge in [-0.2, -0.15) is 0 Å². The zero-order valence-corrected chi connectivity index (χ0v) is 12.5. The lowest BCUT2D eigenvalue weighted by atomic mass is 9.92. The molecule has 1 amide bonds. The van der Waals surface area contributed by atoms with Gasteiger partial charge in [-0.3, -0.25) is 4.79 Å². The molecule has 0 saturated heterocycles. The van der Waals surface area contributed by atoms with E-state index in [0.717, 1.165) is 11.5 Å². The number of aryl methyl sites for hydroxylation is 1. The third-order valence-electron chi connectivity index (χ3n) is 3.13. The Hall–Kier alpha value is -1.08. The quantitative estimate of drug-likeness (QED) is 0.778. The van der Waals surface area contributed by atoms with Crippen LogP contribution in [0.25, 0.3) is 0 Å². The van der Waals surface area contributed by atoms with Gasteiger partial charge in [-0.05, 0) is 30.8 Å². The van der Waals surface area contributed by atoms with Gasteiger partial charge < -0.3 is 11.1 Å². The molecule has 0 aromatic carbocycles. The molecule has 3 N–H and O–H groups in total. The molecule has 0 fully saturated rings. The van der Waals surface area contributed by atoms with Crippen molar-refractivity contribution in [2.24, 2.45) is 5.73 Å².